The zero-order chi connectivity index (χ0) is 21.3. The van der Waals surface area contributed by atoms with Crippen molar-refractivity contribution in [1.82, 2.24) is 14.9 Å². The van der Waals surface area contributed by atoms with Gasteiger partial charge in [-0.15, -0.1) is 0 Å². The third-order valence-corrected chi connectivity index (χ3v) is 6.70. The summed E-state index contributed by atoms with van der Waals surface area (Å²) in [5.41, 5.74) is 1.07. The molecule has 1 aliphatic rings. The molecule has 0 N–H and O–H groups in total. The van der Waals surface area contributed by atoms with E-state index >= 15 is 0 Å². The Balaban J connectivity index is 1.70. The molecule has 3 aromatic rings. The van der Waals surface area contributed by atoms with Crippen molar-refractivity contribution in [2.75, 3.05) is 13.6 Å². The first-order valence-electron chi connectivity index (χ1n) is 9.83. The highest BCUT2D eigenvalue weighted by molar-refractivity contribution is 9.10. The zero-order valence-electron chi connectivity index (χ0n) is 16.7. The monoisotopic (exact) mass is 493 g/mol. The number of aromatic nitrogens is 2. The minimum atomic E-state index is -0.569. The van der Waals surface area contributed by atoms with E-state index < -0.39 is 5.82 Å². The Kier molecular flexibility index (Phi) is 6.41. The van der Waals surface area contributed by atoms with Gasteiger partial charge >= 0.3 is 6.01 Å². The molecule has 0 spiro atoms. The molecular weight excluding hydrogens is 473 g/mol. The topological polar surface area (TPSA) is 47.5 Å². The molecule has 0 amide bonds. The highest BCUT2D eigenvalue weighted by atomic mass is 79.9. The minimum absolute atomic E-state index is 0.0893. The Hall–Kier alpha value is -1.96. The first kappa shape index (κ1) is 21.3. The van der Waals surface area contributed by atoms with Crippen LogP contribution in [0.3, 0.4) is 0 Å². The molecule has 30 heavy (non-hydrogen) atoms. The lowest BCUT2D eigenvalue weighted by atomic mass is 10.1. The summed E-state index contributed by atoms with van der Waals surface area (Å²) in [5, 5.41) is 0.623. The Morgan fingerprint density at radius 3 is 2.77 bits per heavy atom. The second-order valence-corrected chi connectivity index (χ2v) is 8.68. The Morgan fingerprint density at radius 1 is 1.30 bits per heavy atom. The summed E-state index contributed by atoms with van der Waals surface area (Å²) in [6, 6.07) is 11.6. The van der Waals surface area contributed by atoms with Crippen molar-refractivity contribution in [3.63, 3.8) is 0 Å². The van der Waals surface area contributed by atoms with E-state index in [0.717, 1.165) is 24.9 Å². The van der Waals surface area contributed by atoms with E-state index in [1.54, 1.807) is 6.07 Å². The van der Waals surface area contributed by atoms with Crippen molar-refractivity contribution < 1.29 is 13.9 Å². The molecule has 5 nitrogen and oxygen atoms in total. The molecule has 158 valence electrons. The van der Waals surface area contributed by atoms with Gasteiger partial charge in [-0.25, -0.2) is 4.39 Å². The molecule has 1 aliphatic heterocycles. The minimum Gasteiger partial charge on any atom is -0.472 e. The standard InChI is InChI=1S/C22H22BrClFN3O2/c1-13(17-9-6-10-28(17)2)30-22-26-20-15(11-16(24)18(23)19(20)25)21(27-22)29-12-14-7-4-3-5-8-14/h3-5,7-8,11,13,17H,6,9-10,12H2,1-2H3/t13-,17-/m0/s1. The SMILES string of the molecule is C[C@H](Oc1nc(OCc2ccccc2)c2cc(Cl)c(Br)c(F)c2n1)[C@@H]1CCCN1C. The molecule has 2 atom stereocenters. The maximum Gasteiger partial charge on any atom is 0.320 e. The molecular formula is C22H22BrClFN3O2. The molecule has 2 heterocycles. The van der Waals surface area contributed by atoms with E-state index in [-0.39, 0.29) is 45.7 Å². The average molecular weight is 495 g/mol. The Morgan fingerprint density at radius 2 is 2.07 bits per heavy atom. The maximum absolute atomic E-state index is 14.9. The highest BCUT2D eigenvalue weighted by Gasteiger charge is 2.29. The maximum atomic E-state index is 14.9. The summed E-state index contributed by atoms with van der Waals surface area (Å²) < 4.78 is 27.1. The highest BCUT2D eigenvalue weighted by Crippen LogP contribution is 2.36. The summed E-state index contributed by atoms with van der Waals surface area (Å²) >= 11 is 9.36. The van der Waals surface area contributed by atoms with Crippen LogP contribution in [0.2, 0.25) is 5.02 Å². The van der Waals surface area contributed by atoms with Gasteiger partial charge in [0.2, 0.25) is 5.88 Å². The third kappa shape index (κ3) is 4.38. The van der Waals surface area contributed by atoms with Crippen LogP contribution in [0.25, 0.3) is 10.9 Å². The fourth-order valence-corrected chi connectivity index (χ4v) is 4.28. The van der Waals surface area contributed by atoms with Crippen LogP contribution in [0, 0.1) is 5.82 Å². The smallest absolute Gasteiger partial charge is 0.320 e. The van der Waals surface area contributed by atoms with E-state index in [1.807, 2.05) is 37.3 Å². The predicted molar refractivity (Wildman–Crippen MR) is 119 cm³/mol. The predicted octanol–water partition coefficient (Wildman–Crippen LogP) is 5.63. The molecule has 0 saturated carbocycles. The van der Waals surface area contributed by atoms with Gasteiger partial charge in [-0.1, -0.05) is 41.9 Å². The van der Waals surface area contributed by atoms with Crippen LogP contribution < -0.4 is 9.47 Å². The van der Waals surface area contributed by atoms with E-state index in [4.69, 9.17) is 21.1 Å². The van der Waals surface area contributed by atoms with E-state index in [9.17, 15) is 4.39 Å². The average Bonchev–Trinajstić information content (AvgIpc) is 3.18. The van der Waals surface area contributed by atoms with Crippen molar-refractivity contribution in [3.8, 4) is 11.9 Å². The first-order chi connectivity index (χ1) is 14.4. The lowest BCUT2D eigenvalue weighted by Crippen LogP contribution is -2.38. The van der Waals surface area contributed by atoms with Crippen molar-refractivity contribution in [2.45, 2.75) is 38.5 Å². The van der Waals surface area contributed by atoms with Gasteiger partial charge in [-0.2, -0.15) is 9.97 Å². The van der Waals surface area contributed by atoms with Crippen LogP contribution in [-0.4, -0.2) is 40.6 Å². The molecule has 4 rings (SSSR count). The summed E-state index contributed by atoms with van der Waals surface area (Å²) in [6.45, 7) is 3.30. The van der Waals surface area contributed by atoms with E-state index in [1.165, 1.54) is 0 Å². The number of fused-ring (bicyclic) bond motifs is 1. The van der Waals surface area contributed by atoms with Gasteiger partial charge in [0.15, 0.2) is 5.82 Å². The number of hydrogen-bond donors (Lipinski definition) is 0. The molecule has 2 aromatic carbocycles. The lowest BCUT2D eigenvalue weighted by Gasteiger charge is -2.26. The quantitative estimate of drug-likeness (QED) is 0.416. The van der Waals surface area contributed by atoms with Crippen molar-refractivity contribution in [1.29, 1.82) is 0 Å². The number of hydrogen-bond acceptors (Lipinski definition) is 5. The molecule has 1 saturated heterocycles. The zero-order valence-corrected chi connectivity index (χ0v) is 19.1. The number of rotatable bonds is 6. The van der Waals surface area contributed by atoms with Gasteiger partial charge in [0.1, 0.15) is 18.2 Å². The second-order valence-electron chi connectivity index (χ2n) is 7.48. The molecule has 0 radical (unpaired) electrons. The van der Waals surface area contributed by atoms with Gasteiger partial charge in [-0.05, 0) is 60.9 Å². The summed E-state index contributed by atoms with van der Waals surface area (Å²) in [4.78, 5) is 11.0. The van der Waals surface area contributed by atoms with Crippen molar-refractivity contribution in [3.05, 3.63) is 57.3 Å². The lowest BCUT2D eigenvalue weighted by molar-refractivity contribution is 0.111. The second kappa shape index (κ2) is 9.04. The van der Waals surface area contributed by atoms with Crippen LogP contribution in [0.5, 0.6) is 11.9 Å². The van der Waals surface area contributed by atoms with Gasteiger partial charge in [0.05, 0.1) is 14.9 Å². The molecule has 1 aromatic heterocycles. The van der Waals surface area contributed by atoms with Crippen molar-refractivity contribution >= 4 is 38.4 Å². The number of halogens is 3. The molecule has 8 heteroatoms. The number of likely N-dealkylation sites (tertiary alicyclic amines) is 1. The van der Waals surface area contributed by atoms with E-state index in [2.05, 4.69) is 37.8 Å². The Bertz CT molecular complexity index is 1050. The Labute approximate surface area is 188 Å². The third-order valence-electron chi connectivity index (χ3n) is 5.40. The largest absolute Gasteiger partial charge is 0.472 e. The van der Waals surface area contributed by atoms with Crippen LogP contribution >= 0.6 is 27.5 Å². The number of nitrogens with zero attached hydrogens (tertiary/aromatic N) is 3. The van der Waals surface area contributed by atoms with Crippen LogP contribution in [0.15, 0.2) is 40.9 Å². The normalized spacial score (nSPS) is 18.0. The first-order valence-corrected chi connectivity index (χ1v) is 11.0. The number of likely N-dealkylation sites (N-methyl/N-ethyl adjacent to an activating group) is 1. The number of ether oxygens (including phenoxy) is 2. The summed E-state index contributed by atoms with van der Waals surface area (Å²) in [7, 11) is 2.08. The molecule has 0 unspecified atom stereocenters. The van der Waals surface area contributed by atoms with Gasteiger partial charge in [-0.3, -0.25) is 4.90 Å². The summed E-state index contributed by atoms with van der Waals surface area (Å²) in [6.07, 6.45) is 2.02. The van der Waals surface area contributed by atoms with Crippen molar-refractivity contribution in [2.24, 2.45) is 0 Å². The van der Waals surface area contributed by atoms with Crippen LogP contribution in [-0.2, 0) is 6.61 Å². The number of benzene rings is 2. The molecule has 1 fully saturated rings. The summed E-state index contributed by atoms with van der Waals surface area (Å²) in [5.74, 6) is -0.334. The van der Waals surface area contributed by atoms with Gasteiger partial charge in [0, 0.05) is 6.04 Å². The fourth-order valence-electron chi connectivity index (χ4n) is 3.79. The van der Waals surface area contributed by atoms with E-state index in [0.29, 0.717) is 5.39 Å². The fraction of sp³-hybridized carbons (Fsp3) is 0.364. The van der Waals surface area contributed by atoms with Gasteiger partial charge in [0.25, 0.3) is 0 Å². The van der Waals surface area contributed by atoms with Crippen LogP contribution in [0.1, 0.15) is 25.3 Å². The van der Waals surface area contributed by atoms with Gasteiger partial charge < -0.3 is 9.47 Å². The molecule has 0 bridgehead atoms. The van der Waals surface area contributed by atoms with Crippen LogP contribution in [0.4, 0.5) is 4.39 Å². The molecule has 0 aliphatic carbocycles.